The van der Waals surface area contributed by atoms with Crippen molar-refractivity contribution in [1.29, 1.82) is 0 Å². The van der Waals surface area contributed by atoms with Gasteiger partial charge in [0, 0.05) is 56.6 Å². The number of nitrogens with two attached hydrogens (primary N) is 1. The molecule has 57 heavy (non-hydrogen) atoms. The molecule has 7 N–H and O–H groups in total. The van der Waals surface area contributed by atoms with Crippen molar-refractivity contribution in [2.24, 2.45) is 5.73 Å². The van der Waals surface area contributed by atoms with Crippen LogP contribution >= 0.6 is 0 Å². The number of likely N-dealkylation sites (tertiary alicyclic amines) is 1. The van der Waals surface area contributed by atoms with E-state index in [0.29, 0.717) is 32.1 Å². The Labute approximate surface area is 336 Å². The van der Waals surface area contributed by atoms with Gasteiger partial charge in [0.2, 0.25) is 11.9 Å². The highest BCUT2D eigenvalue weighted by Gasteiger charge is 2.28. The molecule has 6 rings (SSSR count). The fourth-order valence-electron chi connectivity index (χ4n) is 7.62. The van der Waals surface area contributed by atoms with Crippen molar-refractivity contribution < 1.29 is 14.3 Å². The first-order chi connectivity index (χ1) is 27.9. The molecule has 4 aromatic rings. The molecule has 3 heterocycles. The number of hydrogen-bond donors (Lipinski definition) is 6. The molecule has 0 unspecified atom stereocenters. The van der Waals surface area contributed by atoms with E-state index in [4.69, 9.17) is 20.4 Å². The zero-order valence-corrected chi connectivity index (χ0v) is 33.6. The Morgan fingerprint density at radius 2 is 1.72 bits per heavy atom. The van der Waals surface area contributed by atoms with Crippen LogP contribution in [0.3, 0.4) is 0 Å². The van der Waals surface area contributed by atoms with Crippen LogP contribution in [0.15, 0.2) is 54.7 Å². The van der Waals surface area contributed by atoms with Gasteiger partial charge in [0.15, 0.2) is 0 Å². The standard InChI is InChI=1S/C42H62N12O3/c1-57-36-15-13-32(14-16-36)27-45-30-42(43,31-55)20-17-39(56)53-25-18-34(19-26-53)48-40-37-11-5-6-12-38(37)49-41(50-40)47-28-35-29-54(52-51-35)24-8-22-44-21-7-23-46-33-9-3-2-4-10-33/h5-6,11-16,29,31,33-34,44-46H,2-4,7-10,17-28,30,43H2,1H3,(H2,47,48,49,50)/t42-/m1/s1. The topological polar surface area (TPSA) is 189 Å². The van der Waals surface area contributed by atoms with Gasteiger partial charge in [-0.15, -0.1) is 5.10 Å². The number of aryl methyl sites for hydroxylation is 1. The number of aromatic nitrogens is 5. The van der Waals surface area contributed by atoms with Crippen molar-refractivity contribution in [1.82, 2.24) is 45.8 Å². The summed E-state index contributed by atoms with van der Waals surface area (Å²) in [7, 11) is 1.63. The number of aldehydes is 1. The fourth-order valence-corrected chi connectivity index (χ4v) is 7.62. The number of nitrogens with one attached hydrogen (secondary N) is 5. The van der Waals surface area contributed by atoms with E-state index in [9.17, 15) is 9.59 Å². The van der Waals surface area contributed by atoms with Gasteiger partial charge in [-0.2, -0.15) is 4.98 Å². The van der Waals surface area contributed by atoms with Gasteiger partial charge in [-0.1, -0.05) is 48.7 Å². The first-order valence-corrected chi connectivity index (χ1v) is 20.9. The highest BCUT2D eigenvalue weighted by atomic mass is 16.5. The molecule has 15 nitrogen and oxygen atoms in total. The minimum atomic E-state index is -1.12. The minimum absolute atomic E-state index is 0.0147. The summed E-state index contributed by atoms with van der Waals surface area (Å²) in [4.78, 5) is 36.7. The first kappa shape index (κ1) is 41.9. The Morgan fingerprint density at radius 3 is 2.51 bits per heavy atom. The Kier molecular flexibility index (Phi) is 16.0. The number of anilines is 2. The van der Waals surface area contributed by atoms with E-state index in [2.05, 4.69) is 36.9 Å². The molecular weight excluding hydrogens is 721 g/mol. The number of hydrogen-bond acceptors (Lipinski definition) is 13. The van der Waals surface area contributed by atoms with Crippen LogP contribution in [0.4, 0.5) is 11.8 Å². The number of benzene rings is 2. The molecule has 1 saturated carbocycles. The zero-order chi connectivity index (χ0) is 39.7. The number of piperidine rings is 1. The molecule has 2 fully saturated rings. The summed E-state index contributed by atoms with van der Waals surface area (Å²) < 4.78 is 7.10. The number of carbonyl (C=O) groups excluding carboxylic acids is 2. The number of carbonyl (C=O) groups is 2. The van der Waals surface area contributed by atoms with Gasteiger partial charge in [-0.3, -0.25) is 9.48 Å². The van der Waals surface area contributed by atoms with Crippen LogP contribution in [0.1, 0.15) is 81.9 Å². The summed E-state index contributed by atoms with van der Waals surface area (Å²) in [5, 5.41) is 27.1. The van der Waals surface area contributed by atoms with Crippen molar-refractivity contribution in [2.45, 2.75) is 108 Å². The van der Waals surface area contributed by atoms with E-state index >= 15 is 0 Å². The molecule has 2 aromatic carbocycles. The summed E-state index contributed by atoms with van der Waals surface area (Å²) in [5.74, 6) is 2.07. The highest BCUT2D eigenvalue weighted by molar-refractivity contribution is 5.90. The van der Waals surface area contributed by atoms with E-state index in [1.165, 1.54) is 32.1 Å². The quantitative estimate of drug-likeness (QED) is 0.0469. The highest BCUT2D eigenvalue weighted by Crippen LogP contribution is 2.25. The lowest BCUT2D eigenvalue weighted by Crippen LogP contribution is -2.51. The Balaban J connectivity index is 0.902. The molecule has 0 radical (unpaired) electrons. The maximum absolute atomic E-state index is 13.2. The van der Waals surface area contributed by atoms with Gasteiger partial charge < -0.3 is 46.7 Å². The van der Waals surface area contributed by atoms with Crippen LogP contribution in [0.25, 0.3) is 10.9 Å². The summed E-state index contributed by atoms with van der Waals surface area (Å²) >= 11 is 0. The number of amides is 1. The van der Waals surface area contributed by atoms with E-state index in [1.54, 1.807) is 7.11 Å². The van der Waals surface area contributed by atoms with Crippen LogP contribution in [0.5, 0.6) is 5.75 Å². The number of para-hydroxylation sites is 1. The van der Waals surface area contributed by atoms with Crippen LogP contribution in [0.2, 0.25) is 0 Å². The number of fused-ring (bicyclic) bond motifs is 1. The monoisotopic (exact) mass is 783 g/mol. The molecule has 1 aliphatic heterocycles. The molecule has 0 bridgehead atoms. The average molecular weight is 783 g/mol. The first-order valence-electron chi connectivity index (χ1n) is 20.9. The lowest BCUT2D eigenvalue weighted by molar-refractivity contribution is -0.132. The number of ether oxygens (including phenoxy) is 1. The van der Waals surface area contributed by atoms with Gasteiger partial charge in [-0.05, 0) is 94.4 Å². The molecular formula is C42H62N12O3. The van der Waals surface area contributed by atoms with E-state index in [1.807, 2.05) is 64.3 Å². The van der Waals surface area contributed by atoms with E-state index in [-0.39, 0.29) is 31.3 Å². The van der Waals surface area contributed by atoms with Crippen molar-refractivity contribution in [3.8, 4) is 5.75 Å². The summed E-state index contributed by atoms with van der Waals surface area (Å²) in [5.41, 5.74) is 7.99. The van der Waals surface area contributed by atoms with Crippen molar-refractivity contribution in [3.63, 3.8) is 0 Å². The second-order valence-electron chi connectivity index (χ2n) is 15.6. The number of nitrogens with zero attached hydrogens (tertiary/aromatic N) is 6. The van der Waals surface area contributed by atoms with Gasteiger partial charge in [0.05, 0.1) is 30.9 Å². The largest absolute Gasteiger partial charge is 0.497 e. The lowest BCUT2D eigenvalue weighted by atomic mass is 9.95. The number of rotatable bonds is 23. The third-order valence-electron chi connectivity index (χ3n) is 11.1. The predicted octanol–water partition coefficient (Wildman–Crippen LogP) is 4.00. The van der Waals surface area contributed by atoms with E-state index < -0.39 is 5.54 Å². The van der Waals surface area contributed by atoms with Crippen molar-refractivity contribution in [2.75, 3.05) is 57.0 Å². The third kappa shape index (κ3) is 13.2. The smallest absolute Gasteiger partial charge is 0.225 e. The molecule has 308 valence electrons. The molecule has 1 atom stereocenters. The normalized spacial score (nSPS) is 16.4. The SMILES string of the molecule is COc1ccc(CNC[C@@](N)(C=O)CCC(=O)N2CCC(Nc3nc(NCc4cn(CCCNCCCNC5CCCCC5)nn4)nc4ccccc34)CC2)cc1. The summed E-state index contributed by atoms with van der Waals surface area (Å²) in [6.45, 7) is 6.40. The van der Waals surface area contributed by atoms with E-state index in [0.717, 1.165) is 97.9 Å². The second kappa shape index (κ2) is 21.7. The zero-order valence-electron chi connectivity index (χ0n) is 33.6. The molecule has 15 heteroatoms. The summed E-state index contributed by atoms with van der Waals surface area (Å²) in [6, 6.07) is 16.5. The number of methoxy groups -OCH3 is 1. The van der Waals surface area contributed by atoms with Gasteiger partial charge in [0.25, 0.3) is 0 Å². The van der Waals surface area contributed by atoms with Crippen LogP contribution in [-0.2, 0) is 29.2 Å². The third-order valence-corrected chi connectivity index (χ3v) is 11.1. The Morgan fingerprint density at radius 1 is 0.930 bits per heavy atom. The van der Waals surface area contributed by atoms with Gasteiger partial charge >= 0.3 is 0 Å². The van der Waals surface area contributed by atoms with Crippen LogP contribution < -0.4 is 37.1 Å². The summed E-state index contributed by atoms with van der Waals surface area (Å²) in [6.07, 6.45) is 13.7. The van der Waals surface area contributed by atoms with Gasteiger partial charge in [0.1, 0.15) is 23.5 Å². The second-order valence-corrected chi connectivity index (χ2v) is 15.6. The Hall–Kier alpha value is -4.70. The lowest BCUT2D eigenvalue weighted by Gasteiger charge is -2.33. The molecule has 0 spiro atoms. The molecule has 2 aromatic heterocycles. The van der Waals surface area contributed by atoms with Crippen LogP contribution in [0, 0.1) is 0 Å². The van der Waals surface area contributed by atoms with Crippen LogP contribution in [-0.4, -0.2) is 106 Å². The molecule has 1 amide bonds. The fraction of sp³-hybridized carbons (Fsp3) is 0.571. The molecule has 2 aliphatic rings. The van der Waals surface area contributed by atoms with Crippen molar-refractivity contribution >= 4 is 34.9 Å². The molecule has 1 saturated heterocycles. The molecule has 1 aliphatic carbocycles. The minimum Gasteiger partial charge on any atom is -0.497 e. The maximum atomic E-state index is 13.2. The Bertz CT molecular complexity index is 1820. The van der Waals surface area contributed by atoms with Gasteiger partial charge in [-0.25, -0.2) is 4.98 Å². The van der Waals surface area contributed by atoms with Crippen molar-refractivity contribution in [3.05, 3.63) is 66.0 Å². The predicted molar refractivity (Wildman–Crippen MR) is 224 cm³/mol. The maximum Gasteiger partial charge on any atom is 0.225 e. The average Bonchev–Trinajstić information content (AvgIpc) is 3.71.